The molecule has 2 amide bonds. The first-order chi connectivity index (χ1) is 19.2. The molecule has 0 saturated heterocycles. The van der Waals surface area contributed by atoms with Crippen LogP contribution in [0.2, 0.25) is 0 Å². The summed E-state index contributed by atoms with van der Waals surface area (Å²) in [5, 5.41) is 8.18. The van der Waals surface area contributed by atoms with Gasteiger partial charge in [-0.2, -0.15) is 5.10 Å². The minimum Gasteiger partial charge on any atom is -0.492 e. The van der Waals surface area contributed by atoms with E-state index in [0.29, 0.717) is 24.6 Å². The summed E-state index contributed by atoms with van der Waals surface area (Å²) in [4.78, 5) is 16.1. The number of anilines is 1. The van der Waals surface area contributed by atoms with E-state index in [1.165, 1.54) is 0 Å². The van der Waals surface area contributed by atoms with Crippen LogP contribution in [-0.4, -0.2) is 31.9 Å². The summed E-state index contributed by atoms with van der Waals surface area (Å²) in [5.74, 6) is 1.61. The first-order valence-corrected chi connectivity index (χ1v) is 13.4. The Balaban J connectivity index is 1.53. The van der Waals surface area contributed by atoms with Gasteiger partial charge in [0.25, 0.3) is 0 Å². The van der Waals surface area contributed by atoms with Crippen LogP contribution < -0.4 is 10.1 Å². The molecule has 1 N–H and O–H groups in total. The molecule has 1 unspecified atom stereocenters. The molecule has 2 aromatic heterocycles. The number of nitrogens with zero attached hydrogens (tertiary/aromatic N) is 4. The standard InChI is InChI=1S/C32H31N5O2/c1-3-26-25-22-36(32(38)33-27-18-11-12-20-29(27)39-4-2)30(23-14-7-5-8-15-23)28-19-13-21-35(28)31(25)37(34-26)24-16-9-6-10-17-24/h5-21,30H,3-4,22H2,1-2H3,(H,33,38). The van der Waals surface area contributed by atoms with E-state index in [-0.39, 0.29) is 12.1 Å². The predicted octanol–water partition coefficient (Wildman–Crippen LogP) is 6.76. The monoisotopic (exact) mass is 517 g/mol. The second kappa shape index (κ2) is 10.5. The minimum atomic E-state index is -0.318. The van der Waals surface area contributed by atoms with Gasteiger partial charge in [-0.05, 0) is 55.3 Å². The molecule has 0 saturated carbocycles. The molecule has 7 nitrogen and oxygen atoms in total. The van der Waals surface area contributed by atoms with E-state index in [9.17, 15) is 4.79 Å². The van der Waals surface area contributed by atoms with Gasteiger partial charge in [0.15, 0.2) is 0 Å². The third-order valence-electron chi connectivity index (χ3n) is 7.11. The number of nitrogens with one attached hydrogen (secondary N) is 1. The summed E-state index contributed by atoms with van der Waals surface area (Å²) >= 11 is 0. The number of ether oxygens (including phenoxy) is 1. The number of aryl methyl sites for hydroxylation is 1. The zero-order valence-corrected chi connectivity index (χ0v) is 22.1. The predicted molar refractivity (Wildman–Crippen MR) is 153 cm³/mol. The Morgan fingerprint density at radius 3 is 2.38 bits per heavy atom. The van der Waals surface area contributed by atoms with Gasteiger partial charge in [0.2, 0.25) is 0 Å². The van der Waals surface area contributed by atoms with Crippen molar-refractivity contribution in [3.8, 4) is 17.3 Å². The number of hydrogen-bond acceptors (Lipinski definition) is 3. The first-order valence-electron chi connectivity index (χ1n) is 13.4. The number of benzene rings is 3. The SMILES string of the molecule is CCOc1ccccc1NC(=O)N1Cc2c(CC)nn(-c3ccccc3)c2-n2cccc2C1c1ccccc1. The molecular weight excluding hydrogens is 486 g/mol. The third-order valence-corrected chi connectivity index (χ3v) is 7.11. The van der Waals surface area contributed by atoms with Crippen LogP contribution >= 0.6 is 0 Å². The highest BCUT2D eigenvalue weighted by atomic mass is 16.5. The van der Waals surface area contributed by atoms with Crippen LogP contribution in [0.25, 0.3) is 11.5 Å². The van der Waals surface area contributed by atoms with Gasteiger partial charge in [-0.1, -0.05) is 67.6 Å². The largest absolute Gasteiger partial charge is 0.492 e. The van der Waals surface area contributed by atoms with E-state index in [1.54, 1.807) is 0 Å². The van der Waals surface area contributed by atoms with Crippen LogP contribution in [0.5, 0.6) is 5.75 Å². The van der Waals surface area contributed by atoms with Crippen LogP contribution in [0.1, 0.15) is 42.4 Å². The molecule has 0 spiro atoms. The van der Waals surface area contributed by atoms with Gasteiger partial charge in [-0.3, -0.25) is 0 Å². The van der Waals surface area contributed by atoms with Crippen LogP contribution in [-0.2, 0) is 13.0 Å². The van der Waals surface area contributed by atoms with E-state index in [1.807, 2.05) is 83.2 Å². The Bertz CT molecular complexity index is 1590. The lowest BCUT2D eigenvalue weighted by atomic mass is 10.0. The lowest BCUT2D eigenvalue weighted by Crippen LogP contribution is -2.38. The van der Waals surface area contributed by atoms with Crippen LogP contribution in [0.4, 0.5) is 10.5 Å². The Labute approximate surface area is 228 Å². The first kappa shape index (κ1) is 24.6. The fourth-order valence-electron chi connectivity index (χ4n) is 5.37. The number of urea groups is 1. The molecule has 7 heteroatoms. The Morgan fingerprint density at radius 2 is 1.64 bits per heavy atom. The lowest BCUT2D eigenvalue weighted by Gasteiger charge is -2.31. The van der Waals surface area contributed by atoms with E-state index in [4.69, 9.17) is 9.84 Å². The summed E-state index contributed by atoms with van der Waals surface area (Å²) in [5.41, 5.74) is 5.65. The number of carbonyl (C=O) groups is 1. The highest BCUT2D eigenvalue weighted by Crippen LogP contribution is 2.39. The number of aromatic nitrogens is 3. The average Bonchev–Trinajstić information content (AvgIpc) is 3.56. The van der Waals surface area contributed by atoms with Gasteiger partial charge in [0.05, 0.1) is 42.0 Å². The molecule has 6 rings (SSSR count). The number of hydrogen-bond donors (Lipinski definition) is 1. The van der Waals surface area contributed by atoms with Crippen LogP contribution in [0.15, 0.2) is 103 Å². The summed E-state index contributed by atoms with van der Waals surface area (Å²) in [6.07, 6.45) is 2.81. The second-order valence-corrected chi connectivity index (χ2v) is 9.45. The second-order valence-electron chi connectivity index (χ2n) is 9.45. The Kier molecular flexibility index (Phi) is 6.63. The van der Waals surface area contributed by atoms with Crippen LogP contribution in [0.3, 0.4) is 0 Å². The van der Waals surface area contributed by atoms with Gasteiger partial charge < -0.3 is 19.5 Å². The minimum absolute atomic E-state index is 0.203. The maximum atomic E-state index is 14.2. The Hall–Kier alpha value is -4.78. The third kappa shape index (κ3) is 4.46. The van der Waals surface area contributed by atoms with Crippen molar-refractivity contribution < 1.29 is 9.53 Å². The van der Waals surface area contributed by atoms with Crippen molar-refractivity contribution in [2.75, 3.05) is 11.9 Å². The van der Waals surface area contributed by atoms with Crippen molar-refractivity contribution in [1.82, 2.24) is 19.2 Å². The van der Waals surface area contributed by atoms with Crippen molar-refractivity contribution in [2.24, 2.45) is 0 Å². The van der Waals surface area contributed by atoms with Gasteiger partial charge in [0, 0.05) is 11.8 Å². The maximum Gasteiger partial charge on any atom is 0.323 e. The van der Waals surface area contributed by atoms with Crippen molar-refractivity contribution in [3.05, 3.63) is 126 Å². The molecule has 196 valence electrons. The molecule has 39 heavy (non-hydrogen) atoms. The summed E-state index contributed by atoms with van der Waals surface area (Å²) in [7, 11) is 0. The van der Waals surface area contributed by atoms with E-state index >= 15 is 0 Å². The highest BCUT2D eigenvalue weighted by Gasteiger charge is 2.36. The molecule has 5 aromatic rings. The zero-order valence-electron chi connectivity index (χ0n) is 22.1. The van der Waals surface area contributed by atoms with Gasteiger partial charge in [-0.15, -0.1) is 0 Å². The molecule has 3 heterocycles. The molecule has 3 aromatic carbocycles. The number of para-hydroxylation sites is 3. The summed E-state index contributed by atoms with van der Waals surface area (Å²) in [6.45, 7) is 4.95. The number of rotatable bonds is 6. The lowest BCUT2D eigenvalue weighted by molar-refractivity contribution is 0.194. The van der Waals surface area contributed by atoms with Crippen molar-refractivity contribution in [3.63, 3.8) is 0 Å². The quantitative estimate of drug-likeness (QED) is 0.271. The topological polar surface area (TPSA) is 64.3 Å². The molecule has 0 fully saturated rings. The normalized spacial score (nSPS) is 14.3. The molecular formula is C32H31N5O2. The zero-order chi connectivity index (χ0) is 26.8. The number of carbonyl (C=O) groups excluding carboxylic acids is 1. The van der Waals surface area contributed by atoms with E-state index in [2.05, 4.69) is 53.3 Å². The fraction of sp³-hybridized carbons (Fsp3) is 0.188. The molecule has 0 aliphatic carbocycles. The molecule has 1 aliphatic heterocycles. The summed E-state index contributed by atoms with van der Waals surface area (Å²) < 4.78 is 9.99. The highest BCUT2D eigenvalue weighted by molar-refractivity contribution is 5.91. The summed E-state index contributed by atoms with van der Waals surface area (Å²) in [6, 6.07) is 31.5. The van der Waals surface area contributed by atoms with Gasteiger partial charge in [0.1, 0.15) is 11.6 Å². The fourth-order valence-corrected chi connectivity index (χ4v) is 5.37. The molecule has 1 atom stereocenters. The van der Waals surface area contributed by atoms with Crippen molar-refractivity contribution >= 4 is 11.7 Å². The van der Waals surface area contributed by atoms with Crippen LogP contribution in [0, 0.1) is 0 Å². The molecule has 0 radical (unpaired) electrons. The Morgan fingerprint density at radius 1 is 0.923 bits per heavy atom. The number of fused-ring (bicyclic) bond motifs is 3. The smallest absolute Gasteiger partial charge is 0.323 e. The van der Waals surface area contributed by atoms with Gasteiger partial charge >= 0.3 is 6.03 Å². The molecule has 1 aliphatic rings. The van der Waals surface area contributed by atoms with Crippen molar-refractivity contribution in [2.45, 2.75) is 32.9 Å². The average molecular weight is 518 g/mol. The van der Waals surface area contributed by atoms with E-state index in [0.717, 1.165) is 40.4 Å². The van der Waals surface area contributed by atoms with Gasteiger partial charge in [-0.25, -0.2) is 9.48 Å². The van der Waals surface area contributed by atoms with E-state index < -0.39 is 0 Å². The molecule has 0 bridgehead atoms. The number of amides is 2. The van der Waals surface area contributed by atoms with Crippen molar-refractivity contribution in [1.29, 1.82) is 0 Å². The maximum absolute atomic E-state index is 14.2.